The summed E-state index contributed by atoms with van der Waals surface area (Å²) >= 11 is 0. The van der Waals surface area contributed by atoms with Crippen LogP contribution in [0.15, 0.2) is 12.4 Å². The minimum Gasteiger partial charge on any atom is -0.480 e. The van der Waals surface area contributed by atoms with Gasteiger partial charge in [-0.25, -0.2) is 9.59 Å². The fraction of sp³-hybridized carbons (Fsp3) is 0.375. The van der Waals surface area contributed by atoms with Crippen molar-refractivity contribution in [2.75, 3.05) is 11.9 Å². The van der Waals surface area contributed by atoms with Gasteiger partial charge < -0.3 is 20.8 Å². The highest BCUT2D eigenvalue weighted by atomic mass is 16.4. The van der Waals surface area contributed by atoms with Gasteiger partial charge in [-0.15, -0.1) is 0 Å². The van der Waals surface area contributed by atoms with Crippen LogP contribution in [0.1, 0.15) is 6.42 Å². The van der Waals surface area contributed by atoms with Crippen molar-refractivity contribution in [2.45, 2.75) is 12.5 Å². The molecule has 1 aromatic heterocycles. The molecule has 0 aliphatic carbocycles. The number of carboxylic acid groups (broad SMARTS) is 1. The largest absolute Gasteiger partial charge is 0.480 e. The van der Waals surface area contributed by atoms with Crippen LogP contribution in [0, 0.1) is 0 Å². The quantitative estimate of drug-likeness (QED) is 0.458. The van der Waals surface area contributed by atoms with Crippen LogP contribution >= 0.6 is 0 Å². The highest BCUT2D eigenvalue weighted by Gasteiger charge is 2.19. The number of anilines is 1. The van der Waals surface area contributed by atoms with Gasteiger partial charge in [-0.2, -0.15) is 5.10 Å². The van der Waals surface area contributed by atoms with Gasteiger partial charge in [0.15, 0.2) is 0 Å². The summed E-state index contributed by atoms with van der Waals surface area (Å²) in [6.07, 6.45) is 2.77. The van der Waals surface area contributed by atoms with Gasteiger partial charge in [-0.05, 0) is 0 Å². The molecule has 0 unspecified atom stereocenters. The number of carbonyl (C=O) groups excluding carboxylic acids is 1. The fourth-order valence-electron chi connectivity index (χ4n) is 1.03. The molecule has 88 valence electrons. The number of amides is 2. The first-order valence-corrected chi connectivity index (χ1v) is 4.53. The van der Waals surface area contributed by atoms with Crippen molar-refractivity contribution in [3.05, 3.63) is 12.4 Å². The second kappa shape index (κ2) is 5.71. The Morgan fingerprint density at radius 1 is 1.56 bits per heavy atom. The summed E-state index contributed by atoms with van der Waals surface area (Å²) in [7, 11) is 0. The lowest BCUT2D eigenvalue weighted by molar-refractivity contribution is -0.139. The van der Waals surface area contributed by atoms with Gasteiger partial charge in [0.1, 0.15) is 6.04 Å². The number of carbonyl (C=O) groups is 2. The van der Waals surface area contributed by atoms with E-state index >= 15 is 0 Å². The van der Waals surface area contributed by atoms with Crippen molar-refractivity contribution >= 4 is 17.7 Å². The Labute approximate surface area is 90.7 Å². The van der Waals surface area contributed by atoms with Crippen LogP contribution in [0.2, 0.25) is 0 Å². The maximum atomic E-state index is 11.3. The van der Waals surface area contributed by atoms with Crippen molar-refractivity contribution in [1.82, 2.24) is 15.5 Å². The molecule has 8 nitrogen and oxygen atoms in total. The highest BCUT2D eigenvalue weighted by Crippen LogP contribution is 2.01. The van der Waals surface area contributed by atoms with Crippen LogP contribution in [0.4, 0.5) is 10.5 Å². The van der Waals surface area contributed by atoms with E-state index in [1.807, 2.05) is 0 Å². The topological polar surface area (TPSA) is 127 Å². The number of aromatic amines is 1. The molecule has 16 heavy (non-hydrogen) atoms. The minimum absolute atomic E-state index is 0.0475. The lowest BCUT2D eigenvalue weighted by atomic mass is 10.2. The second-order valence-electron chi connectivity index (χ2n) is 2.99. The van der Waals surface area contributed by atoms with E-state index < -0.39 is 18.0 Å². The number of urea groups is 1. The molecule has 0 spiro atoms. The number of aliphatic carboxylic acids is 1. The zero-order chi connectivity index (χ0) is 12.0. The average Bonchev–Trinajstić information content (AvgIpc) is 2.69. The molecule has 1 atom stereocenters. The third-order valence-electron chi connectivity index (χ3n) is 1.78. The maximum Gasteiger partial charge on any atom is 0.326 e. The van der Waals surface area contributed by atoms with E-state index in [2.05, 4.69) is 20.8 Å². The molecule has 2 amide bonds. The van der Waals surface area contributed by atoms with Crippen molar-refractivity contribution in [3.8, 4) is 0 Å². The summed E-state index contributed by atoms with van der Waals surface area (Å²) in [6, 6.07) is -1.78. The summed E-state index contributed by atoms with van der Waals surface area (Å²) in [5, 5.41) is 28.0. The Morgan fingerprint density at radius 2 is 2.31 bits per heavy atom. The number of nitrogens with zero attached hydrogens (tertiary/aromatic N) is 1. The molecule has 0 saturated heterocycles. The zero-order valence-corrected chi connectivity index (χ0v) is 8.30. The molecule has 5 N–H and O–H groups in total. The molecular weight excluding hydrogens is 216 g/mol. The first kappa shape index (κ1) is 12.0. The molecule has 8 heteroatoms. The van der Waals surface area contributed by atoms with Gasteiger partial charge >= 0.3 is 12.0 Å². The number of hydrogen-bond acceptors (Lipinski definition) is 4. The molecule has 0 fully saturated rings. The Bertz CT molecular complexity index is 351. The highest BCUT2D eigenvalue weighted by molar-refractivity contribution is 5.91. The Balaban J connectivity index is 2.45. The van der Waals surface area contributed by atoms with Gasteiger partial charge in [-0.3, -0.25) is 5.10 Å². The van der Waals surface area contributed by atoms with Crippen LogP contribution in [-0.4, -0.2) is 45.1 Å². The number of rotatable bonds is 5. The molecular formula is C8H12N4O4. The van der Waals surface area contributed by atoms with E-state index in [-0.39, 0.29) is 13.0 Å². The predicted molar refractivity (Wildman–Crippen MR) is 53.9 cm³/mol. The average molecular weight is 228 g/mol. The molecule has 0 aromatic carbocycles. The number of H-pyrrole nitrogens is 1. The van der Waals surface area contributed by atoms with E-state index in [0.717, 1.165) is 0 Å². The normalized spacial score (nSPS) is 11.8. The monoisotopic (exact) mass is 228 g/mol. The fourth-order valence-corrected chi connectivity index (χ4v) is 1.03. The lowest BCUT2D eigenvalue weighted by Gasteiger charge is -2.13. The third-order valence-corrected chi connectivity index (χ3v) is 1.78. The maximum absolute atomic E-state index is 11.3. The minimum atomic E-state index is -1.20. The number of hydrogen-bond donors (Lipinski definition) is 5. The molecule has 0 bridgehead atoms. The van der Waals surface area contributed by atoms with Crippen molar-refractivity contribution in [3.63, 3.8) is 0 Å². The summed E-state index contributed by atoms with van der Waals surface area (Å²) in [5.74, 6) is -1.20. The smallest absolute Gasteiger partial charge is 0.326 e. The summed E-state index contributed by atoms with van der Waals surface area (Å²) in [4.78, 5) is 21.9. The lowest BCUT2D eigenvalue weighted by Crippen LogP contribution is -2.43. The van der Waals surface area contributed by atoms with Crippen LogP contribution < -0.4 is 10.6 Å². The second-order valence-corrected chi connectivity index (χ2v) is 2.99. The Kier molecular flexibility index (Phi) is 4.28. The van der Waals surface area contributed by atoms with Crippen molar-refractivity contribution in [1.29, 1.82) is 0 Å². The van der Waals surface area contributed by atoms with Crippen LogP contribution in [-0.2, 0) is 4.79 Å². The molecule has 0 radical (unpaired) electrons. The van der Waals surface area contributed by atoms with E-state index in [1.165, 1.54) is 12.4 Å². The first-order valence-electron chi connectivity index (χ1n) is 4.53. The summed E-state index contributed by atoms with van der Waals surface area (Å²) in [6.45, 7) is -0.317. The molecule has 0 saturated carbocycles. The van der Waals surface area contributed by atoms with Gasteiger partial charge in [0, 0.05) is 19.2 Å². The van der Waals surface area contributed by atoms with E-state index in [4.69, 9.17) is 10.2 Å². The van der Waals surface area contributed by atoms with Crippen LogP contribution in [0.5, 0.6) is 0 Å². The van der Waals surface area contributed by atoms with Crippen molar-refractivity contribution in [2.24, 2.45) is 0 Å². The Hall–Kier alpha value is -2.09. The van der Waals surface area contributed by atoms with Gasteiger partial charge in [-0.1, -0.05) is 0 Å². The van der Waals surface area contributed by atoms with E-state index in [0.29, 0.717) is 5.69 Å². The van der Waals surface area contributed by atoms with Crippen LogP contribution in [0.25, 0.3) is 0 Å². The van der Waals surface area contributed by atoms with E-state index in [9.17, 15) is 9.59 Å². The standard InChI is InChI=1S/C8H12N4O4/c13-2-1-6(7(14)15)12-8(16)11-5-3-9-10-4-5/h3-4,6,13H,1-2H2,(H,9,10)(H,14,15)(H2,11,12,16)/t6-/m0/s1. The van der Waals surface area contributed by atoms with E-state index in [1.54, 1.807) is 0 Å². The number of aliphatic hydroxyl groups excluding tert-OH is 1. The summed E-state index contributed by atoms with van der Waals surface area (Å²) < 4.78 is 0. The number of nitrogens with one attached hydrogen (secondary N) is 3. The van der Waals surface area contributed by atoms with Crippen molar-refractivity contribution < 1.29 is 19.8 Å². The first-order chi connectivity index (χ1) is 7.63. The molecule has 0 aliphatic heterocycles. The Morgan fingerprint density at radius 3 is 2.81 bits per heavy atom. The van der Waals surface area contributed by atoms with Gasteiger partial charge in [0.05, 0.1) is 11.9 Å². The van der Waals surface area contributed by atoms with Gasteiger partial charge in [0.2, 0.25) is 0 Å². The third kappa shape index (κ3) is 3.58. The molecule has 1 aromatic rings. The number of carboxylic acids is 1. The molecule has 0 aliphatic rings. The summed E-state index contributed by atoms with van der Waals surface area (Å²) in [5.41, 5.74) is 0.422. The molecule has 1 rings (SSSR count). The van der Waals surface area contributed by atoms with Gasteiger partial charge in [0.25, 0.3) is 0 Å². The SMILES string of the molecule is O=C(Nc1cn[nH]c1)N[C@@H](CCO)C(=O)O. The van der Waals surface area contributed by atoms with Crippen LogP contribution in [0.3, 0.4) is 0 Å². The number of aromatic nitrogens is 2. The zero-order valence-electron chi connectivity index (χ0n) is 8.30. The predicted octanol–water partition coefficient (Wildman–Crippen LogP) is -0.633. The number of aliphatic hydroxyl groups is 1. The molecule has 1 heterocycles.